The van der Waals surface area contributed by atoms with Gasteiger partial charge in [0.1, 0.15) is 0 Å². The Morgan fingerprint density at radius 3 is 2.61 bits per heavy atom. The molecule has 18 heavy (non-hydrogen) atoms. The average molecular weight is 255 g/mol. The van der Waals surface area contributed by atoms with Gasteiger partial charge in [-0.05, 0) is 32.7 Å². The first-order chi connectivity index (χ1) is 8.69. The van der Waals surface area contributed by atoms with Crippen molar-refractivity contribution in [2.45, 2.75) is 64.5 Å². The van der Waals surface area contributed by atoms with E-state index in [2.05, 4.69) is 17.1 Å². The molecule has 1 saturated carbocycles. The first-order valence-corrected chi connectivity index (χ1v) is 7.43. The van der Waals surface area contributed by atoms with Gasteiger partial charge in [0, 0.05) is 19.1 Å². The lowest BCUT2D eigenvalue weighted by Gasteiger charge is -2.28. The summed E-state index contributed by atoms with van der Waals surface area (Å²) in [5, 5.41) is 3.17. The zero-order chi connectivity index (χ0) is 13.4. The van der Waals surface area contributed by atoms with Gasteiger partial charge in [0.25, 0.3) is 0 Å². The molecule has 1 rings (SSSR count). The second-order valence-electron chi connectivity index (χ2n) is 5.34. The van der Waals surface area contributed by atoms with Gasteiger partial charge in [-0.1, -0.05) is 26.2 Å². The van der Waals surface area contributed by atoms with Crippen molar-refractivity contribution >= 4 is 5.91 Å². The summed E-state index contributed by atoms with van der Waals surface area (Å²) in [5.41, 5.74) is 5.63. The van der Waals surface area contributed by atoms with Crippen molar-refractivity contribution in [3.8, 4) is 0 Å². The van der Waals surface area contributed by atoms with E-state index in [1.165, 1.54) is 12.8 Å². The van der Waals surface area contributed by atoms with Gasteiger partial charge in [0.15, 0.2) is 0 Å². The molecule has 1 aliphatic carbocycles. The van der Waals surface area contributed by atoms with Crippen LogP contribution in [0.25, 0.3) is 0 Å². The van der Waals surface area contributed by atoms with Crippen LogP contribution in [0.1, 0.15) is 52.4 Å². The number of carbonyl (C=O) groups excluding carboxylic acids is 1. The van der Waals surface area contributed by atoms with E-state index >= 15 is 0 Å². The summed E-state index contributed by atoms with van der Waals surface area (Å²) in [7, 11) is 0. The van der Waals surface area contributed by atoms with Gasteiger partial charge in [-0.3, -0.25) is 9.69 Å². The molecule has 1 atom stereocenters. The monoisotopic (exact) mass is 255 g/mol. The summed E-state index contributed by atoms with van der Waals surface area (Å²) in [6, 6.07) is 0.353. The molecule has 0 saturated heterocycles. The molecule has 4 nitrogen and oxygen atoms in total. The molecule has 1 amide bonds. The van der Waals surface area contributed by atoms with Crippen molar-refractivity contribution in [2.75, 3.05) is 19.6 Å². The summed E-state index contributed by atoms with van der Waals surface area (Å²) in [4.78, 5) is 14.4. The highest BCUT2D eigenvalue weighted by atomic mass is 16.2. The molecule has 1 aliphatic rings. The molecule has 0 aromatic rings. The highest BCUT2D eigenvalue weighted by Crippen LogP contribution is 2.18. The van der Waals surface area contributed by atoms with Gasteiger partial charge in [0.2, 0.25) is 5.91 Å². The van der Waals surface area contributed by atoms with Gasteiger partial charge in [0.05, 0.1) is 6.04 Å². The van der Waals surface area contributed by atoms with Crippen molar-refractivity contribution in [2.24, 2.45) is 5.73 Å². The first kappa shape index (κ1) is 15.4. The molecule has 0 radical (unpaired) electrons. The van der Waals surface area contributed by atoms with Crippen LogP contribution in [-0.2, 0) is 4.79 Å². The van der Waals surface area contributed by atoms with Crippen LogP contribution in [0, 0.1) is 0 Å². The van der Waals surface area contributed by atoms with Crippen molar-refractivity contribution in [1.29, 1.82) is 0 Å². The van der Waals surface area contributed by atoms with E-state index in [9.17, 15) is 4.79 Å². The number of rotatable bonds is 8. The molecular weight excluding hydrogens is 226 g/mol. The molecule has 3 N–H and O–H groups in total. The zero-order valence-corrected chi connectivity index (χ0v) is 12.0. The SMILES string of the molecule is CCCCN(CCN)C(C)C(=O)NC1CCCC1. The number of nitrogens with one attached hydrogen (secondary N) is 1. The lowest BCUT2D eigenvalue weighted by molar-refractivity contribution is -0.126. The fraction of sp³-hybridized carbons (Fsp3) is 0.929. The second kappa shape index (κ2) is 8.48. The van der Waals surface area contributed by atoms with Crippen LogP contribution in [0.5, 0.6) is 0 Å². The Hall–Kier alpha value is -0.610. The van der Waals surface area contributed by atoms with Gasteiger partial charge in [-0.25, -0.2) is 0 Å². The van der Waals surface area contributed by atoms with Gasteiger partial charge < -0.3 is 11.1 Å². The lowest BCUT2D eigenvalue weighted by Crippen LogP contribution is -2.49. The normalized spacial score (nSPS) is 18.2. The standard InChI is InChI=1S/C14H29N3O/c1-3-4-10-17(11-9-15)12(2)14(18)16-13-7-5-6-8-13/h12-13H,3-11,15H2,1-2H3,(H,16,18). The summed E-state index contributed by atoms with van der Waals surface area (Å²) < 4.78 is 0. The maximum absolute atomic E-state index is 12.2. The molecule has 4 heteroatoms. The molecule has 0 aliphatic heterocycles. The molecule has 0 bridgehead atoms. The molecule has 0 aromatic carbocycles. The van der Waals surface area contributed by atoms with Gasteiger partial charge in [-0.2, -0.15) is 0 Å². The minimum atomic E-state index is -0.0549. The zero-order valence-electron chi connectivity index (χ0n) is 12.0. The first-order valence-electron chi connectivity index (χ1n) is 7.43. The average Bonchev–Trinajstić information content (AvgIpc) is 2.86. The number of nitrogens with two attached hydrogens (primary N) is 1. The number of unbranched alkanes of at least 4 members (excludes halogenated alkanes) is 1. The molecule has 0 heterocycles. The maximum Gasteiger partial charge on any atom is 0.237 e. The molecule has 1 unspecified atom stereocenters. The quantitative estimate of drug-likeness (QED) is 0.691. The summed E-state index contributed by atoms with van der Waals surface area (Å²) in [6.45, 7) is 6.55. The predicted molar refractivity (Wildman–Crippen MR) is 75.4 cm³/mol. The Morgan fingerprint density at radius 2 is 2.06 bits per heavy atom. The minimum absolute atomic E-state index is 0.0549. The van der Waals surface area contributed by atoms with Crippen LogP contribution >= 0.6 is 0 Å². The van der Waals surface area contributed by atoms with Crippen LogP contribution in [0.4, 0.5) is 0 Å². The third-order valence-corrected chi connectivity index (χ3v) is 3.84. The second-order valence-corrected chi connectivity index (χ2v) is 5.34. The molecular formula is C14H29N3O. The number of carbonyl (C=O) groups is 1. The van der Waals surface area contributed by atoms with E-state index in [1.54, 1.807) is 0 Å². The minimum Gasteiger partial charge on any atom is -0.352 e. The Kier molecular flexibility index (Phi) is 7.28. The van der Waals surface area contributed by atoms with Crippen LogP contribution in [0.3, 0.4) is 0 Å². The Labute approximate surface area is 111 Å². The van der Waals surface area contributed by atoms with E-state index in [1.807, 2.05) is 6.92 Å². The van der Waals surface area contributed by atoms with Crippen LogP contribution in [0.2, 0.25) is 0 Å². The maximum atomic E-state index is 12.2. The van der Waals surface area contributed by atoms with Gasteiger partial charge >= 0.3 is 0 Å². The van der Waals surface area contributed by atoms with Crippen molar-refractivity contribution < 1.29 is 4.79 Å². The van der Waals surface area contributed by atoms with Crippen molar-refractivity contribution in [1.82, 2.24) is 10.2 Å². The number of amides is 1. The fourth-order valence-corrected chi connectivity index (χ4v) is 2.58. The highest BCUT2D eigenvalue weighted by molar-refractivity contribution is 5.81. The summed E-state index contributed by atoms with van der Waals surface area (Å²) in [5.74, 6) is 0.173. The van der Waals surface area contributed by atoms with E-state index in [-0.39, 0.29) is 11.9 Å². The van der Waals surface area contributed by atoms with E-state index in [0.717, 1.165) is 38.8 Å². The third kappa shape index (κ3) is 4.94. The highest BCUT2D eigenvalue weighted by Gasteiger charge is 2.24. The molecule has 0 spiro atoms. The molecule has 1 fully saturated rings. The molecule has 0 aromatic heterocycles. The van der Waals surface area contributed by atoms with Crippen molar-refractivity contribution in [3.05, 3.63) is 0 Å². The summed E-state index contributed by atoms with van der Waals surface area (Å²) >= 11 is 0. The Bertz CT molecular complexity index is 239. The van der Waals surface area contributed by atoms with E-state index in [0.29, 0.717) is 12.6 Å². The summed E-state index contributed by atoms with van der Waals surface area (Å²) in [6.07, 6.45) is 7.07. The van der Waals surface area contributed by atoms with E-state index in [4.69, 9.17) is 5.73 Å². The largest absolute Gasteiger partial charge is 0.352 e. The molecule has 106 valence electrons. The van der Waals surface area contributed by atoms with Crippen molar-refractivity contribution in [3.63, 3.8) is 0 Å². The number of nitrogens with zero attached hydrogens (tertiary/aromatic N) is 1. The lowest BCUT2D eigenvalue weighted by atomic mass is 10.2. The topological polar surface area (TPSA) is 58.4 Å². The predicted octanol–water partition coefficient (Wildman–Crippen LogP) is 1.49. The van der Waals surface area contributed by atoms with Crippen LogP contribution < -0.4 is 11.1 Å². The van der Waals surface area contributed by atoms with Crippen LogP contribution in [-0.4, -0.2) is 42.5 Å². The Morgan fingerprint density at radius 1 is 1.39 bits per heavy atom. The number of hydrogen-bond donors (Lipinski definition) is 2. The van der Waals surface area contributed by atoms with E-state index < -0.39 is 0 Å². The fourth-order valence-electron chi connectivity index (χ4n) is 2.58. The smallest absolute Gasteiger partial charge is 0.237 e. The Balaban J connectivity index is 2.41. The van der Waals surface area contributed by atoms with Gasteiger partial charge in [-0.15, -0.1) is 0 Å². The third-order valence-electron chi connectivity index (χ3n) is 3.84. The number of hydrogen-bond acceptors (Lipinski definition) is 3. The van der Waals surface area contributed by atoms with Crippen LogP contribution in [0.15, 0.2) is 0 Å².